The van der Waals surface area contributed by atoms with Crippen LogP contribution in [0, 0.1) is 5.92 Å². The van der Waals surface area contributed by atoms with Crippen LogP contribution in [0.5, 0.6) is 0 Å². The maximum atomic E-state index is 13.0. The summed E-state index contributed by atoms with van der Waals surface area (Å²) in [6.07, 6.45) is 14.3. The Morgan fingerprint density at radius 2 is 1.89 bits per heavy atom. The Bertz CT molecular complexity index is 1050. The van der Waals surface area contributed by atoms with Gasteiger partial charge in [0.15, 0.2) is 0 Å². The summed E-state index contributed by atoms with van der Waals surface area (Å²) in [4.78, 5) is 16.0. The normalized spacial score (nSPS) is 15.8. The Hall–Kier alpha value is -2.79. The highest BCUT2D eigenvalue weighted by atomic mass is 32.1. The van der Waals surface area contributed by atoms with Crippen LogP contribution in [0.1, 0.15) is 78.5 Å². The fourth-order valence-electron chi connectivity index (χ4n) is 4.32. The summed E-state index contributed by atoms with van der Waals surface area (Å²) < 4.78 is 0. The van der Waals surface area contributed by atoms with Crippen LogP contribution in [-0.2, 0) is 0 Å². The van der Waals surface area contributed by atoms with Gasteiger partial charge >= 0.3 is 6.03 Å². The van der Waals surface area contributed by atoms with Crippen molar-refractivity contribution in [2.45, 2.75) is 73.6 Å². The Morgan fingerprint density at radius 1 is 1.19 bits per heavy atom. The van der Waals surface area contributed by atoms with Gasteiger partial charge < -0.3 is 16.0 Å². The highest BCUT2D eigenvalue weighted by Crippen LogP contribution is 2.29. The number of allylic oxidation sites excluding steroid dienone is 6. The second kappa shape index (κ2) is 14.7. The molecule has 1 aromatic rings. The van der Waals surface area contributed by atoms with E-state index in [-0.39, 0.29) is 6.03 Å². The van der Waals surface area contributed by atoms with Crippen LogP contribution in [0.25, 0.3) is 5.57 Å². The lowest BCUT2D eigenvalue weighted by Gasteiger charge is -2.20. The van der Waals surface area contributed by atoms with Crippen molar-refractivity contribution >= 4 is 22.9 Å². The van der Waals surface area contributed by atoms with Gasteiger partial charge in [0.25, 0.3) is 0 Å². The highest BCUT2D eigenvalue weighted by Gasteiger charge is 2.24. The predicted molar refractivity (Wildman–Crippen MR) is 158 cm³/mol. The van der Waals surface area contributed by atoms with Crippen LogP contribution in [-0.4, -0.2) is 24.0 Å². The molecular formula is C31H45N3OS. The Kier molecular flexibility index (Phi) is 12.0. The summed E-state index contributed by atoms with van der Waals surface area (Å²) >= 11 is 1.68. The molecule has 0 fully saturated rings. The average Bonchev–Trinajstić information content (AvgIpc) is 3.52. The van der Waals surface area contributed by atoms with Crippen molar-refractivity contribution in [3.63, 3.8) is 0 Å². The topological polar surface area (TPSA) is 58.4 Å². The summed E-state index contributed by atoms with van der Waals surface area (Å²) in [6.45, 7) is 18.3. The van der Waals surface area contributed by atoms with Gasteiger partial charge in [0.2, 0.25) is 0 Å². The first-order valence-corrected chi connectivity index (χ1v) is 14.1. The smallest absolute Gasteiger partial charge is 0.322 e. The van der Waals surface area contributed by atoms with E-state index in [2.05, 4.69) is 64.7 Å². The molecular weight excluding hydrogens is 462 g/mol. The van der Waals surface area contributed by atoms with E-state index in [9.17, 15) is 4.79 Å². The van der Waals surface area contributed by atoms with Gasteiger partial charge in [0, 0.05) is 18.0 Å². The molecule has 1 aromatic heterocycles. The van der Waals surface area contributed by atoms with Crippen LogP contribution in [0.2, 0.25) is 0 Å². The molecule has 2 heterocycles. The summed E-state index contributed by atoms with van der Waals surface area (Å²) in [5, 5.41) is 4.94. The SMILES string of the molecule is C=C(NC(=O)N1CC(C)=C(/C=C(\C=C(\C)CC)C(CCC)CCC)C1)/C(N)=C\C=C(/C)c1cccs1. The molecule has 4 nitrogen and oxygen atoms in total. The number of amides is 2. The van der Waals surface area contributed by atoms with Gasteiger partial charge in [0.1, 0.15) is 0 Å². The number of nitrogens with two attached hydrogens (primary N) is 1. The Balaban J connectivity index is 2.11. The zero-order valence-electron chi connectivity index (χ0n) is 23.1. The number of thiophene rings is 1. The van der Waals surface area contributed by atoms with E-state index in [1.807, 2.05) is 29.3 Å². The van der Waals surface area contributed by atoms with Crippen molar-refractivity contribution in [3.8, 4) is 0 Å². The van der Waals surface area contributed by atoms with Gasteiger partial charge in [-0.1, -0.05) is 70.1 Å². The third-order valence-corrected chi connectivity index (χ3v) is 7.72. The number of carbonyl (C=O) groups is 1. The summed E-state index contributed by atoms with van der Waals surface area (Å²) in [5.74, 6) is 0.556. The largest absolute Gasteiger partial charge is 0.397 e. The van der Waals surface area contributed by atoms with Crippen LogP contribution in [0.3, 0.4) is 0 Å². The van der Waals surface area contributed by atoms with E-state index >= 15 is 0 Å². The number of nitrogens with zero attached hydrogens (tertiary/aromatic N) is 1. The number of nitrogens with one attached hydrogen (secondary N) is 1. The van der Waals surface area contributed by atoms with Gasteiger partial charge in [-0.05, 0) is 85.8 Å². The lowest BCUT2D eigenvalue weighted by molar-refractivity contribution is 0.213. The maximum absolute atomic E-state index is 13.0. The molecule has 196 valence electrons. The molecule has 0 radical (unpaired) electrons. The molecule has 2 amide bonds. The molecule has 0 atom stereocenters. The summed E-state index contributed by atoms with van der Waals surface area (Å²) in [6, 6.07) is 3.93. The second-order valence-corrected chi connectivity index (χ2v) is 10.7. The molecule has 36 heavy (non-hydrogen) atoms. The van der Waals surface area contributed by atoms with Crippen molar-refractivity contribution in [2.75, 3.05) is 13.1 Å². The molecule has 1 aliphatic heterocycles. The number of urea groups is 1. The van der Waals surface area contributed by atoms with Gasteiger partial charge in [-0.2, -0.15) is 0 Å². The molecule has 0 saturated carbocycles. The maximum Gasteiger partial charge on any atom is 0.322 e. The van der Waals surface area contributed by atoms with Crippen molar-refractivity contribution in [1.29, 1.82) is 0 Å². The van der Waals surface area contributed by atoms with Gasteiger partial charge in [0.05, 0.1) is 11.4 Å². The van der Waals surface area contributed by atoms with Crippen molar-refractivity contribution in [1.82, 2.24) is 10.2 Å². The lowest BCUT2D eigenvalue weighted by Crippen LogP contribution is -2.39. The van der Waals surface area contributed by atoms with Crippen LogP contribution in [0.4, 0.5) is 4.79 Å². The highest BCUT2D eigenvalue weighted by molar-refractivity contribution is 7.11. The Labute approximate surface area is 223 Å². The van der Waals surface area contributed by atoms with Gasteiger partial charge in [-0.3, -0.25) is 0 Å². The van der Waals surface area contributed by atoms with Crippen LogP contribution < -0.4 is 11.1 Å². The minimum atomic E-state index is -0.168. The molecule has 5 heteroatoms. The minimum absolute atomic E-state index is 0.168. The third kappa shape index (κ3) is 8.70. The van der Waals surface area contributed by atoms with Crippen molar-refractivity contribution in [2.24, 2.45) is 11.7 Å². The standard InChI is InChI=1S/C31H45N3OS/c1-8-12-26(13-9-2)27(18-22(4)10-3)19-28-21-34(20-24(28)6)31(35)33-25(7)29(32)16-15-23(5)30-14-11-17-36-30/h11,14-19,26H,7-10,12-13,20-21,32H2,1-6H3,(H,33,35)/b22-18-,23-15+,27-19+,29-16+. The molecule has 0 spiro atoms. The van der Waals surface area contributed by atoms with E-state index in [4.69, 9.17) is 5.73 Å². The van der Waals surface area contributed by atoms with Crippen molar-refractivity contribution < 1.29 is 4.79 Å². The monoisotopic (exact) mass is 507 g/mol. The number of hydrogen-bond donors (Lipinski definition) is 2. The van der Waals surface area contributed by atoms with E-state index < -0.39 is 0 Å². The molecule has 0 saturated heterocycles. The lowest BCUT2D eigenvalue weighted by atomic mass is 9.87. The fourth-order valence-corrected chi connectivity index (χ4v) is 5.03. The summed E-state index contributed by atoms with van der Waals surface area (Å²) in [7, 11) is 0. The molecule has 3 N–H and O–H groups in total. The number of carbonyl (C=O) groups excluding carboxylic acids is 1. The number of hydrogen-bond acceptors (Lipinski definition) is 3. The second-order valence-electron chi connectivity index (χ2n) is 9.78. The first-order valence-electron chi connectivity index (χ1n) is 13.2. The minimum Gasteiger partial charge on any atom is -0.397 e. The van der Waals surface area contributed by atoms with Crippen LogP contribution >= 0.6 is 11.3 Å². The molecule has 0 unspecified atom stereocenters. The van der Waals surface area contributed by atoms with E-state index in [0.29, 0.717) is 30.4 Å². The van der Waals surface area contributed by atoms with E-state index in [1.165, 1.54) is 52.9 Å². The average molecular weight is 508 g/mol. The van der Waals surface area contributed by atoms with E-state index in [1.54, 1.807) is 17.4 Å². The molecule has 0 bridgehead atoms. The predicted octanol–water partition coefficient (Wildman–Crippen LogP) is 8.35. The first kappa shape index (κ1) is 29.4. The zero-order chi connectivity index (χ0) is 26.7. The van der Waals surface area contributed by atoms with E-state index in [0.717, 1.165) is 12.0 Å². The molecule has 0 aromatic carbocycles. The molecule has 0 aliphatic carbocycles. The summed E-state index contributed by atoms with van der Waals surface area (Å²) in [5.41, 5.74) is 13.5. The van der Waals surface area contributed by atoms with Gasteiger partial charge in [-0.15, -0.1) is 11.3 Å². The quantitative estimate of drug-likeness (QED) is 0.279. The Morgan fingerprint density at radius 3 is 2.47 bits per heavy atom. The van der Waals surface area contributed by atoms with Crippen LogP contribution in [0.15, 0.2) is 82.1 Å². The third-order valence-electron chi connectivity index (χ3n) is 6.71. The zero-order valence-corrected chi connectivity index (χ0v) is 23.9. The molecule has 1 aliphatic rings. The molecule has 2 rings (SSSR count). The number of rotatable bonds is 12. The van der Waals surface area contributed by atoms with Gasteiger partial charge in [-0.25, -0.2) is 4.79 Å². The first-order chi connectivity index (χ1) is 17.2. The fraction of sp³-hybridized carbons (Fsp3) is 0.452. The van der Waals surface area contributed by atoms with Crippen molar-refractivity contribution in [3.05, 3.63) is 87.0 Å².